The van der Waals surface area contributed by atoms with E-state index >= 15 is 0 Å². The molecule has 122 valence electrons. The minimum Gasteiger partial charge on any atom is -0.343 e. The Morgan fingerprint density at radius 3 is 2.38 bits per heavy atom. The highest BCUT2D eigenvalue weighted by atomic mass is 35.5. The van der Waals surface area contributed by atoms with Crippen molar-refractivity contribution in [2.24, 2.45) is 0 Å². The molecular formula is C19H17ClN2O2. The van der Waals surface area contributed by atoms with E-state index in [0.29, 0.717) is 27.2 Å². The summed E-state index contributed by atoms with van der Waals surface area (Å²) in [5, 5.41) is 1.05. The summed E-state index contributed by atoms with van der Waals surface area (Å²) in [6, 6.07) is 14.6. The Labute approximate surface area is 144 Å². The lowest BCUT2D eigenvalue weighted by Crippen LogP contribution is -2.29. The first-order valence-corrected chi connectivity index (χ1v) is 7.91. The van der Waals surface area contributed by atoms with E-state index in [9.17, 15) is 9.59 Å². The quantitative estimate of drug-likeness (QED) is 0.714. The number of amides is 1. The number of hydrogen-bond donors (Lipinski definition) is 0. The van der Waals surface area contributed by atoms with E-state index in [1.54, 1.807) is 43.8 Å². The fourth-order valence-corrected chi connectivity index (χ4v) is 2.96. The molecular weight excluding hydrogens is 324 g/mol. The van der Waals surface area contributed by atoms with Crippen molar-refractivity contribution in [1.82, 2.24) is 9.47 Å². The molecule has 1 aromatic heterocycles. The molecule has 0 saturated carbocycles. The van der Waals surface area contributed by atoms with Crippen molar-refractivity contribution in [3.8, 4) is 5.69 Å². The van der Waals surface area contributed by atoms with Gasteiger partial charge in [0.2, 0.25) is 0 Å². The first kappa shape index (κ1) is 16.3. The smallest absolute Gasteiger partial charge is 0.270 e. The summed E-state index contributed by atoms with van der Waals surface area (Å²) < 4.78 is 1.81. The van der Waals surface area contributed by atoms with Gasteiger partial charge in [0, 0.05) is 35.8 Å². The second-order valence-corrected chi connectivity index (χ2v) is 6.27. The predicted octanol–water partition coefficient (Wildman–Crippen LogP) is 3.65. The summed E-state index contributed by atoms with van der Waals surface area (Å²) in [5.41, 5.74) is 2.05. The van der Waals surface area contributed by atoms with Crippen molar-refractivity contribution in [2.75, 3.05) is 14.1 Å². The third kappa shape index (κ3) is 2.59. The van der Waals surface area contributed by atoms with Crippen LogP contribution in [0, 0.1) is 6.92 Å². The minimum atomic E-state index is -0.227. The lowest BCUT2D eigenvalue weighted by molar-refractivity contribution is 0.0819. The van der Waals surface area contributed by atoms with Gasteiger partial charge in [0.15, 0.2) is 5.43 Å². The summed E-state index contributed by atoms with van der Waals surface area (Å²) in [5.74, 6) is -0.227. The predicted molar refractivity (Wildman–Crippen MR) is 97.3 cm³/mol. The highest BCUT2D eigenvalue weighted by molar-refractivity contribution is 6.31. The number of pyridine rings is 1. The largest absolute Gasteiger partial charge is 0.343 e. The van der Waals surface area contributed by atoms with Crippen LogP contribution >= 0.6 is 11.6 Å². The van der Waals surface area contributed by atoms with Crippen LogP contribution in [-0.4, -0.2) is 29.5 Å². The highest BCUT2D eigenvalue weighted by Gasteiger charge is 2.22. The van der Waals surface area contributed by atoms with Crippen molar-refractivity contribution in [2.45, 2.75) is 6.92 Å². The van der Waals surface area contributed by atoms with Gasteiger partial charge in [0.1, 0.15) is 5.69 Å². The van der Waals surface area contributed by atoms with E-state index in [2.05, 4.69) is 0 Å². The molecule has 0 unspecified atom stereocenters. The molecule has 3 aromatic rings. The van der Waals surface area contributed by atoms with Crippen LogP contribution in [0.25, 0.3) is 16.6 Å². The summed E-state index contributed by atoms with van der Waals surface area (Å²) in [7, 11) is 3.34. The number of benzene rings is 2. The number of nitrogens with zero attached hydrogens (tertiary/aromatic N) is 2. The molecule has 3 rings (SSSR count). The maximum atomic E-state index is 12.8. The topological polar surface area (TPSA) is 42.3 Å². The molecule has 0 aliphatic rings. The molecule has 0 aliphatic carbocycles. The number of para-hydroxylation sites is 1. The van der Waals surface area contributed by atoms with Crippen LogP contribution in [0.15, 0.2) is 53.3 Å². The number of fused-ring (bicyclic) bond motifs is 1. The van der Waals surface area contributed by atoms with Gasteiger partial charge in [-0.3, -0.25) is 9.59 Å². The molecule has 0 bridgehead atoms. The highest BCUT2D eigenvalue weighted by Crippen LogP contribution is 2.25. The van der Waals surface area contributed by atoms with Gasteiger partial charge >= 0.3 is 0 Å². The molecule has 1 amide bonds. The number of carbonyl (C=O) groups is 1. The monoisotopic (exact) mass is 340 g/mol. The molecule has 0 fully saturated rings. The summed E-state index contributed by atoms with van der Waals surface area (Å²) >= 11 is 6.15. The maximum Gasteiger partial charge on any atom is 0.270 e. The van der Waals surface area contributed by atoms with E-state index in [0.717, 1.165) is 5.69 Å². The molecule has 0 aliphatic heterocycles. The molecule has 0 saturated heterocycles. The fraction of sp³-hybridized carbons (Fsp3) is 0.158. The zero-order valence-corrected chi connectivity index (χ0v) is 14.5. The third-order valence-electron chi connectivity index (χ3n) is 3.99. The third-order valence-corrected chi connectivity index (χ3v) is 4.22. The van der Waals surface area contributed by atoms with Gasteiger partial charge < -0.3 is 9.47 Å². The van der Waals surface area contributed by atoms with E-state index in [1.165, 1.54) is 4.90 Å². The van der Waals surface area contributed by atoms with Crippen LogP contribution in [0.4, 0.5) is 0 Å². The molecule has 0 spiro atoms. The first-order valence-electron chi connectivity index (χ1n) is 7.53. The fourth-order valence-electron chi connectivity index (χ4n) is 2.79. The molecule has 1 heterocycles. The van der Waals surface area contributed by atoms with Gasteiger partial charge in [-0.05, 0) is 37.3 Å². The number of carbonyl (C=O) groups excluding carboxylic acids is 1. The summed E-state index contributed by atoms with van der Waals surface area (Å²) in [6.45, 7) is 1.69. The van der Waals surface area contributed by atoms with E-state index in [-0.39, 0.29) is 11.3 Å². The molecule has 4 nitrogen and oxygen atoms in total. The normalized spacial score (nSPS) is 10.8. The molecule has 0 atom stereocenters. The van der Waals surface area contributed by atoms with Crippen molar-refractivity contribution in [1.29, 1.82) is 0 Å². The lowest BCUT2D eigenvalue weighted by Gasteiger charge is -2.21. The van der Waals surface area contributed by atoms with Crippen molar-refractivity contribution in [3.63, 3.8) is 0 Å². The average Bonchev–Trinajstić information content (AvgIpc) is 2.57. The van der Waals surface area contributed by atoms with Crippen LogP contribution in [0.1, 0.15) is 16.1 Å². The van der Waals surface area contributed by atoms with Crippen molar-refractivity contribution < 1.29 is 4.79 Å². The van der Waals surface area contributed by atoms with Crippen LogP contribution < -0.4 is 5.43 Å². The Morgan fingerprint density at radius 1 is 1.08 bits per heavy atom. The summed E-state index contributed by atoms with van der Waals surface area (Å²) in [6.07, 6.45) is 0. The Hall–Kier alpha value is -2.59. The van der Waals surface area contributed by atoms with E-state index < -0.39 is 0 Å². The van der Waals surface area contributed by atoms with Gasteiger partial charge in [-0.2, -0.15) is 0 Å². The Morgan fingerprint density at radius 2 is 1.75 bits per heavy atom. The van der Waals surface area contributed by atoms with E-state index in [1.807, 2.05) is 30.3 Å². The van der Waals surface area contributed by atoms with Gasteiger partial charge in [-0.15, -0.1) is 0 Å². The zero-order chi connectivity index (χ0) is 17.4. The molecule has 0 radical (unpaired) electrons. The Kier molecular flexibility index (Phi) is 4.16. The number of halogens is 1. The minimum absolute atomic E-state index is 0.154. The van der Waals surface area contributed by atoms with Crippen molar-refractivity contribution in [3.05, 3.63) is 75.0 Å². The standard InChI is InChI=1S/C19H17ClN2O2/c1-12-17(19(24)21(2)3)22(14-7-5-4-6-8-14)16-11-13(20)9-10-15(16)18(12)23/h4-11H,1-3H3. The van der Waals surface area contributed by atoms with Crippen LogP contribution in [-0.2, 0) is 0 Å². The Balaban J connectivity index is 2.55. The lowest BCUT2D eigenvalue weighted by atomic mass is 10.1. The average molecular weight is 341 g/mol. The molecule has 5 heteroatoms. The number of aromatic nitrogens is 1. The number of rotatable bonds is 2. The summed E-state index contributed by atoms with van der Waals surface area (Å²) in [4.78, 5) is 27.0. The van der Waals surface area contributed by atoms with Crippen LogP contribution in [0.3, 0.4) is 0 Å². The van der Waals surface area contributed by atoms with Gasteiger partial charge in [0.05, 0.1) is 5.52 Å². The SMILES string of the molecule is Cc1c(C(=O)N(C)C)n(-c2ccccc2)c2cc(Cl)ccc2c1=O. The van der Waals surface area contributed by atoms with Gasteiger partial charge in [-0.25, -0.2) is 0 Å². The van der Waals surface area contributed by atoms with E-state index in [4.69, 9.17) is 11.6 Å². The number of hydrogen-bond acceptors (Lipinski definition) is 2. The molecule has 24 heavy (non-hydrogen) atoms. The van der Waals surface area contributed by atoms with Gasteiger partial charge in [0.25, 0.3) is 5.91 Å². The second kappa shape index (κ2) is 6.13. The molecule has 0 N–H and O–H groups in total. The van der Waals surface area contributed by atoms with Crippen LogP contribution in [0.5, 0.6) is 0 Å². The Bertz CT molecular complexity index is 992. The maximum absolute atomic E-state index is 12.8. The second-order valence-electron chi connectivity index (χ2n) is 5.83. The first-order chi connectivity index (χ1) is 11.4. The van der Waals surface area contributed by atoms with Gasteiger partial charge in [-0.1, -0.05) is 29.8 Å². The zero-order valence-electron chi connectivity index (χ0n) is 13.7. The van der Waals surface area contributed by atoms with Crippen LogP contribution in [0.2, 0.25) is 5.02 Å². The van der Waals surface area contributed by atoms with Crippen molar-refractivity contribution >= 4 is 28.4 Å². The molecule has 2 aromatic carbocycles.